The molecule has 0 fully saturated rings. The van der Waals surface area contributed by atoms with Gasteiger partial charge in [0, 0.05) is 36.3 Å². The van der Waals surface area contributed by atoms with Gasteiger partial charge in [-0.2, -0.15) is 0 Å². The van der Waals surface area contributed by atoms with Gasteiger partial charge in [-0.15, -0.1) is 0 Å². The Hall–Kier alpha value is -0.650. The van der Waals surface area contributed by atoms with E-state index in [2.05, 4.69) is 33.2 Å². The Morgan fingerprint density at radius 3 is 2.79 bits per heavy atom. The van der Waals surface area contributed by atoms with E-state index in [1.165, 1.54) is 0 Å². The Bertz CT molecular complexity index is 397. The minimum Gasteiger partial charge on any atom is -0.477 e. The highest BCUT2D eigenvalue weighted by Crippen LogP contribution is 2.21. The summed E-state index contributed by atoms with van der Waals surface area (Å²) < 4.78 is 12.1. The molecule has 1 aromatic rings. The molecule has 4 nitrogen and oxygen atoms in total. The first-order chi connectivity index (χ1) is 8.98. The van der Waals surface area contributed by atoms with E-state index in [1.807, 2.05) is 19.9 Å². The standard InChI is InChI=1S/C14H23BrN2O2/c1-5-16-9-11-8-12(15)10-17-13(11)19-7-6-14(2,3)18-4/h8,10,16H,5-7,9H2,1-4H3. The van der Waals surface area contributed by atoms with Crippen molar-refractivity contribution in [1.29, 1.82) is 0 Å². The van der Waals surface area contributed by atoms with Crippen molar-refractivity contribution in [1.82, 2.24) is 10.3 Å². The fourth-order valence-corrected chi connectivity index (χ4v) is 1.86. The fraction of sp³-hybridized carbons (Fsp3) is 0.643. The number of rotatable bonds is 8. The van der Waals surface area contributed by atoms with Gasteiger partial charge in [-0.05, 0) is 42.4 Å². The van der Waals surface area contributed by atoms with Crippen molar-refractivity contribution in [2.75, 3.05) is 20.3 Å². The predicted molar refractivity (Wildman–Crippen MR) is 80.5 cm³/mol. The monoisotopic (exact) mass is 330 g/mol. The molecule has 0 aliphatic heterocycles. The highest BCUT2D eigenvalue weighted by Gasteiger charge is 2.16. The topological polar surface area (TPSA) is 43.4 Å². The predicted octanol–water partition coefficient (Wildman–Crippen LogP) is 3.15. The molecule has 0 saturated carbocycles. The van der Waals surface area contributed by atoms with Gasteiger partial charge < -0.3 is 14.8 Å². The lowest BCUT2D eigenvalue weighted by Gasteiger charge is -2.22. The van der Waals surface area contributed by atoms with Crippen LogP contribution in [0.3, 0.4) is 0 Å². The normalized spacial score (nSPS) is 11.6. The Labute approximate surface area is 124 Å². The summed E-state index contributed by atoms with van der Waals surface area (Å²) in [5.41, 5.74) is 0.892. The summed E-state index contributed by atoms with van der Waals surface area (Å²) in [5.74, 6) is 0.691. The molecule has 108 valence electrons. The maximum atomic E-state index is 5.77. The summed E-state index contributed by atoms with van der Waals surface area (Å²) in [6.07, 6.45) is 2.58. The zero-order valence-electron chi connectivity index (χ0n) is 12.1. The second-order valence-corrected chi connectivity index (χ2v) is 5.88. The lowest BCUT2D eigenvalue weighted by atomic mass is 10.1. The minimum absolute atomic E-state index is 0.169. The third-order valence-electron chi connectivity index (χ3n) is 2.95. The SMILES string of the molecule is CCNCc1cc(Br)cnc1OCCC(C)(C)OC. The second-order valence-electron chi connectivity index (χ2n) is 4.96. The first kappa shape index (κ1) is 16.4. The molecule has 5 heteroatoms. The van der Waals surface area contributed by atoms with Crippen LogP contribution in [0, 0.1) is 0 Å². The summed E-state index contributed by atoms with van der Waals surface area (Å²) in [4.78, 5) is 4.33. The van der Waals surface area contributed by atoms with Crippen molar-refractivity contribution in [2.45, 2.75) is 39.3 Å². The molecule has 0 unspecified atom stereocenters. The van der Waals surface area contributed by atoms with Gasteiger partial charge >= 0.3 is 0 Å². The molecule has 1 rings (SSSR count). The molecule has 0 aliphatic rings. The van der Waals surface area contributed by atoms with Crippen LogP contribution in [0.2, 0.25) is 0 Å². The lowest BCUT2D eigenvalue weighted by molar-refractivity contribution is 0.00499. The summed E-state index contributed by atoms with van der Waals surface area (Å²) in [6, 6.07) is 2.03. The highest BCUT2D eigenvalue weighted by molar-refractivity contribution is 9.10. The summed E-state index contributed by atoms with van der Waals surface area (Å²) >= 11 is 3.43. The summed E-state index contributed by atoms with van der Waals surface area (Å²) in [6.45, 7) is 8.44. The lowest BCUT2D eigenvalue weighted by Crippen LogP contribution is -2.25. The number of nitrogens with zero attached hydrogens (tertiary/aromatic N) is 1. The van der Waals surface area contributed by atoms with E-state index in [-0.39, 0.29) is 5.60 Å². The van der Waals surface area contributed by atoms with Gasteiger partial charge in [0.25, 0.3) is 0 Å². The number of hydrogen-bond acceptors (Lipinski definition) is 4. The Kier molecular flexibility index (Phi) is 6.75. The van der Waals surface area contributed by atoms with Gasteiger partial charge in [-0.1, -0.05) is 6.92 Å². The second kappa shape index (κ2) is 7.82. The van der Waals surface area contributed by atoms with Crippen molar-refractivity contribution >= 4 is 15.9 Å². The van der Waals surface area contributed by atoms with E-state index in [9.17, 15) is 0 Å². The Morgan fingerprint density at radius 2 is 2.16 bits per heavy atom. The third kappa shape index (κ3) is 5.89. The maximum absolute atomic E-state index is 5.77. The Balaban J connectivity index is 2.61. The van der Waals surface area contributed by atoms with Gasteiger partial charge in [0.2, 0.25) is 5.88 Å². The summed E-state index contributed by atoms with van der Waals surface area (Å²) in [7, 11) is 1.72. The van der Waals surface area contributed by atoms with E-state index < -0.39 is 0 Å². The molecular formula is C14H23BrN2O2. The molecule has 0 aliphatic carbocycles. The first-order valence-electron chi connectivity index (χ1n) is 6.51. The number of nitrogens with one attached hydrogen (secondary N) is 1. The van der Waals surface area contributed by atoms with Gasteiger partial charge in [0.05, 0.1) is 12.2 Å². The van der Waals surface area contributed by atoms with E-state index in [4.69, 9.17) is 9.47 Å². The number of pyridine rings is 1. The van der Waals surface area contributed by atoms with E-state index in [1.54, 1.807) is 13.3 Å². The molecule has 0 radical (unpaired) electrons. The van der Waals surface area contributed by atoms with Gasteiger partial charge in [-0.25, -0.2) is 4.98 Å². The van der Waals surface area contributed by atoms with Crippen LogP contribution in [-0.2, 0) is 11.3 Å². The van der Waals surface area contributed by atoms with Crippen LogP contribution < -0.4 is 10.1 Å². The molecule has 19 heavy (non-hydrogen) atoms. The van der Waals surface area contributed by atoms with Crippen LogP contribution in [0.5, 0.6) is 5.88 Å². The Morgan fingerprint density at radius 1 is 1.42 bits per heavy atom. The van der Waals surface area contributed by atoms with Crippen LogP contribution in [-0.4, -0.2) is 30.8 Å². The fourth-order valence-electron chi connectivity index (χ4n) is 1.48. The van der Waals surface area contributed by atoms with E-state index in [0.29, 0.717) is 12.5 Å². The van der Waals surface area contributed by atoms with Crippen molar-refractivity contribution < 1.29 is 9.47 Å². The molecule has 0 atom stereocenters. The van der Waals surface area contributed by atoms with Crippen LogP contribution in [0.25, 0.3) is 0 Å². The molecule has 0 bridgehead atoms. The van der Waals surface area contributed by atoms with Gasteiger partial charge in [-0.3, -0.25) is 0 Å². The van der Waals surface area contributed by atoms with Crippen molar-refractivity contribution in [3.05, 3.63) is 22.3 Å². The number of hydrogen-bond donors (Lipinski definition) is 1. The van der Waals surface area contributed by atoms with E-state index >= 15 is 0 Å². The molecule has 1 heterocycles. The number of aromatic nitrogens is 1. The zero-order valence-corrected chi connectivity index (χ0v) is 13.7. The van der Waals surface area contributed by atoms with Crippen LogP contribution in [0.4, 0.5) is 0 Å². The molecule has 0 aromatic carbocycles. The largest absolute Gasteiger partial charge is 0.477 e. The van der Waals surface area contributed by atoms with Crippen molar-refractivity contribution in [3.63, 3.8) is 0 Å². The molecule has 0 spiro atoms. The zero-order chi connectivity index (χ0) is 14.3. The first-order valence-corrected chi connectivity index (χ1v) is 7.31. The number of methoxy groups -OCH3 is 1. The third-order valence-corrected chi connectivity index (χ3v) is 3.39. The number of halogens is 1. The number of ether oxygens (including phenoxy) is 2. The quantitative estimate of drug-likeness (QED) is 0.795. The molecular weight excluding hydrogens is 308 g/mol. The van der Waals surface area contributed by atoms with Crippen LogP contribution in [0.15, 0.2) is 16.7 Å². The molecule has 0 amide bonds. The highest BCUT2D eigenvalue weighted by atomic mass is 79.9. The van der Waals surface area contributed by atoms with E-state index in [0.717, 1.165) is 29.5 Å². The van der Waals surface area contributed by atoms with Gasteiger partial charge in [0.1, 0.15) is 0 Å². The molecule has 0 saturated heterocycles. The smallest absolute Gasteiger partial charge is 0.217 e. The summed E-state index contributed by atoms with van der Waals surface area (Å²) in [5, 5.41) is 3.28. The van der Waals surface area contributed by atoms with Crippen LogP contribution in [0.1, 0.15) is 32.8 Å². The van der Waals surface area contributed by atoms with Crippen molar-refractivity contribution in [3.8, 4) is 5.88 Å². The minimum atomic E-state index is -0.169. The van der Waals surface area contributed by atoms with Gasteiger partial charge in [0.15, 0.2) is 0 Å². The van der Waals surface area contributed by atoms with Crippen molar-refractivity contribution in [2.24, 2.45) is 0 Å². The van der Waals surface area contributed by atoms with Crippen LogP contribution >= 0.6 is 15.9 Å². The maximum Gasteiger partial charge on any atom is 0.217 e. The average molecular weight is 331 g/mol. The average Bonchev–Trinajstić information content (AvgIpc) is 2.38. The molecule has 1 N–H and O–H groups in total. The molecule has 1 aromatic heterocycles.